The van der Waals surface area contributed by atoms with Gasteiger partial charge in [-0.05, 0) is 86.8 Å². The molecule has 2 unspecified atom stereocenters. The van der Waals surface area contributed by atoms with Gasteiger partial charge in [0.05, 0.1) is 11.1 Å². The first-order valence-electron chi connectivity index (χ1n) is 19.0. The smallest absolute Gasteiger partial charge is 0.273 e. The maximum Gasteiger partial charge on any atom is 0.273 e. The molecule has 0 aliphatic carbocycles. The maximum atomic E-state index is 12.8. The summed E-state index contributed by atoms with van der Waals surface area (Å²) in [6.07, 6.45) is 17.0. The Labute approximate surface area is 299 Å². The highest BCUT2D eigenvalue weighted by Crippen LogP contribution is 2.23. The third kappa shape index (κ3) is 15.2. The van der Waals surface area contributed by atoms with E-state index >= 15 is 0 Å². The van der Waals surface area contributed by atoms with E-state index < -0.39 is 11.8 Å². The molecule has 10 heteroatoms. The van der Waals surface area contributed by atoms with Crippen molar-refractivity contribution in [3.05, 3.63) is 58.7 Å². The normalized spacial score (nSPS) is 12.2. The van der Waals surface area contributed by atoms with Crippen molar-refractivity contribution in [3.63, 3.8) is 0 Å². The standard InChI is InChI=1S/C40H62N4O6/c1-5-9-11-13-15-19-29-23-25-33(35(45)27-29)39(49)43-41-37(47)31(7-3)21-17-18-22-32(8-4)38(48)42-44-40(50)34-26-24-30(28-36(34)46)20-16-14-12-10-6-2/h23-28,31-32,45-46H,5-22H2,1-4H3,(H,41,47)(H,42,48)(H,43,49)(H,44,50). The molecule has 0 aromatic heterocycles. The number of carbonyl (C=O) groups excluding carboxylic acids is 4. The number of carbonyl (C=O) groups is 4. The molecule has 2 rings (SSSR count). The van der Waals surface area contributed by atoms with Crippen LogP contribution in [-0.2, 0) is 22.4 Å². The Bertz CT molecular complexity index is 1250. The Hall–Kier alpha value is -4.08. The fraction of sp³-hybridized carbons (Fsp3) is 0.600. The average Bonchev–Trinajstić information content (AvgIpc) is 3.10. The summed E-state index contributed by atoms with van der Waals surface area (Å²) in [5.41, 5.74) is 12.0. The lowest BCUT2D eigenvalue weighted by molar-refractivity contribution is -0.127. The molecule has 0 bridgehead atoms. The van der Waals surface area contributed by atoms with Crippen LogP contribution >= 0.6 is 0 Å². The molecule has 2 atom stereocenters. The van der Waals surface area contributed by atoms with Crippen LogP contribution in [0, 0.1) is 11.8 Å². The second kappa shape index (κ2) is 24.1. The fourth-order valence-corrected chi connectivity index (χ4v) is 6.11. The first-order valence-corrected chi connectivity index (χ1v) is 19.0. The number of nitrogens with one attached hydrogen (secondary N) is 4. The highest BCUT2D eigenvalue weighted by molar-refractivity contribution is 5.98. The molecule has 0 heterocycles. The Morgan fingerprint density at radius 3 is 1.24 bits per heavy atom. The molecule has 0 radical (unpaired) electrons. The largest absolute Gasteiger partial charge is 0.507 e. The molecule has 0 saturated heterocycles. The summed E-state index contributed by atoms with van der Waals surface area (Å²) in [5, 5.41) is 20.8. The number of hydrogen-bond acceptors (Lipinski definition) is 6. The van der Waals surface area contributed by atoms with Crippen LogP contribution < -0.4 is 21.7 Å². The van der Waals surface area contributed by atoms with Crippen LogP contribution in [0.1, 0.15) is 162 Å². The molecule has 0 aliphatic heterocycles. The molecule has 2 aromatic rings. The molecule has 278 valence electrons. The number of amides is 4. The minimum atomic E-state index is -0.579. The van der Waals surface area contributed by atoms with Gasteiger partial charge in [0, 0.05) is 11.8 Å². The molecule has 0 aliphatic rings. The first kappa shape index (κ1) is 42.1. The van der Waals surface area contributed by atoms with Crippen molar-refractivity contribution in [3.8, 4) is 11.5 Å². The van der Waals surface area contributed by atoms with E-state index in [1.165, 1.54) is 38.5 Å². The summed E-state index contributed by atoms with van der Waals surface area (Å²) < 4.78 is 0. The summed E-state index contributed by atoms with van der Waals surface area (Å²) in [7, 11) is 0. The molecular formula is C40H62N4O6. The number of hydrazine groups is 2. The summed E-state index contributed by atoms with van der Waals surface area (Å²) in [6.45, 7) is 8.17. The predicted octanol–water partition coefficient (Wildman–Crippen LogP) is 7.96. The van der Waals surface area contributed by atoms with E-state index in [2.05, 4.69) is 35.6 Å². The summed E-state index contributed by atoms with van der Waals surface area (Å²) >= 11 is 0. The van der Waals surface area contributed by atoms with Crippen LogP contribution in [0.4, 0.5) is 0 Å². The molecule has 0 fully saturated rings. The van der Waals surface area contributed by atoms with Crippen molar-refractivity contribution < 1.29 is 29.4 Å². The second-order valence-corrected chi connectivity index (χ2v) is 13.4. The van der Waals surface area contributed by atoms with E-state index in [4.69, 9.17) is 0 Å². The van der Waals surface area contributed by atoms with Gasteiger partial charge >= 0.3 is 0 Å². The van der Waals surface area contributed by atoms with Crippen molar-refractivity contribution in [2.75, 3.05) is 0 Å². The zero-order valence-corrected chi connectivity index (χ0v) is 30.9. The van der Waals surface area contributed by atoms with E-state index in [0.29, 0.717) is 38.5 Å². The maximum absolute atomic E-state index is 12.8. The zero-order valence-electron chi connectivity index (χ0n) is 30.9. The zero-order chi connectivity index (χ0) is 36.7. The summed E-state index contributed by atoms with van der Waals surface area (Å²) in [4.78, 5) is 51.0. The topological polar surface area (TPSA) is 157 Å². The number of rotatable bonds is 23. The van der Waals surface area contributed by atoms with Crippen molar-refractivity contribution in [1.82, 2.24) is 21.7 Å². The van der Waals surface area contributed by atoms with E-state index in [-0.39, 0.29) is 46.3 Å². The van der Waals surface area contributed by atoms with Crippen molar-refractivity contribution in [1.29, 1.82) is 0 Å². The van der Waals surface area contributed by atoms with Crippen molar-refractivity contribution in [2.24, 2.45) is 11.8 Å². The summed E-state index contributed by atoms with van der Waals surface area (Å²) in [6, 6.07) is 10.1. The van der Waals surface area contributed by atoms with Crippen LogP contribution in [-0.4, -0.2) is 33.8 Å². The van der Waals surface area contributed by atoms with E-state index in [1.807, 2.05) is 26.0 Å². The lowest BCUT2D eigenvalue weighted by Gasteiger charge is -2.18. The molecule has 0 spiro atoms. The molecular weight excluding hydrogens is 632 g/mol. The first-order chi connectivity index (χ1) is 24.1. The number of aromatic hydroxyl groups is 2. The van der Waals surface area contributed by atoms with Gasteiger partial charge in [-0.15, -0.1) is 0 Å². The third-order valence-corrected chi connectivity index (χ3v) is 9.43. The van der Waals surface area contributed by atoms with E-state index in [9.17, 15) is 29.4 Å². The van der Waals surface area contributed by atoms with Crippen LogP contribution in [0.15, 0.2) is 36.4 Å². The minimum absolute atomic E-state index is 0.103. The van der Waals surface area contributed by atoms with Crippen molar-refractivity contribution >= 4 is 23.6 Å². The summed E-state index contributed by atoms with van der Waals surface area (Å²) in [5.74, 6) is -2.65. The van der Waals surface area contributed by atoms with Gasteiger partial charge in [0.15, 0.2) is 0 Å². The number of unbranched alkanes of at least 4 members (excludes halogenated alkanes) is 9. The van der Waals surface area contributed by atoms with Gasteiger partial charge in [0.1, 0.15) is 11.5 Å². The molecule has 4 amide bonds. The molecule has 50 heavy (non-hydrogen) atoms. The lowest BCUT2D eigenvalue weighted by atomic mass is 9.94. The highest BCUT2D eigenvalue weighted by Gasteiger charge is 2.21. The van der Waals surface area contributed by atoms with Crippen LogP contribution in [0.25, 0.3) is 0 Å². The van der Waals surface area contributed by atoms with Gasteiger partial charge in [-0.1, -0.05) is 104 Å². The Morgan fingerprint density at radius 2 is 0.900 bits per heavy atom. The molecule has 10 nitrogen and oxygen atoms in total. The Kier molecular flexibility index (Phi) is 20.3. The van der Waals surface area contributed by atoms with E-state index in [0.717, 1.165) is 49.7 Å². The molecule has 6 N–H and O–H groups in total. The quantitative estimate of drug-likeness (QED) is 0.0512. The third-order valence-electron chi connectivity index (χ3n) is 9.43. The number of phenolic OH excluding ortho intramolecular Hbond substituents is 2. The predicted molar refractivity (Wildman–Crippen MR) is 198 cm³/mol. The number of benzene rings is 2. The highest BCUT2D eigenvalue weighted by atomic mass is 16.3. The van der Waals surface area contributed by atoms with E-state index in [1.54, 1.807) is 24.3 Å². The van der Waals surface area contributed by atoms with Crippen LogP contribution in [0.2, 0.25) is 0 Å². The average molecular weight is 695 g/mol. The molecule has 2 aromatic carbocycles. The fourth-order valence-electron chi connectivity index (χ4n) is 6.11. The van der Waals surface area contributed by atoms with Crippen molar-refractivity contribution in [2.45, 2.75) is 143 Å². The van der Waals surface area contributed by atoms with Gasteiger partial charge < -0.3 is 10.2 Å². The van der Waals surface area contributed by atoms with Gasteiger partial charge in [0.25, 0.3) is 11.8 Å². The Morgan fingerprint density at radius 1 is 0.520 bits per heavy atom. The van der Waals surface area contributed by atoms with Gasteiger partial charge in [-0.25, -0.2) is 0 Å². The number of phenols is 2. The Balaban J connectivity index is 1.73. The number of aryl methyl sites for hydroxylation is 2. The monoisotopic (exact) mass is 694 g/mol. The second-order valence-electron chi connectivity index (χ2n) is 13.4. The SMILES string of the molecule is CCCCCCCc1ccc(C(=O)NNC(=O)C(CC)CCCCC(CC)C(=O)NNC(=O)c2ccc(CCCCCCC)cc2O)c(O)c1. The number of hydrogen-bond donors (Lipinski definition) is 6. The van der Waals surface area contributed by atoms with Gasteiger partial charge in [-0.3, -0.25) is 40.9 Å². The van der Waals surface area contributed by atoms with Crippen LogP contribution in [0.3, 0.4) is 0 Å². The van der Waals surface area contributed by atoms with Gasteiger partial charge in [0.2, 0.25) is 11.8 Å². The lowest BCUT2D eigenvalue weighted by Crippen LogP contribution is -2.44. The van der Waals surface area contributed by atoms with Crippen LogP contribution in [0.5, 0.6) is 11.5 Å². The molecule has 0 saturated carbocycles. The van der Waals surface area contributed by atoms with Gasteiger partial charge in [-0.2, -0.15) is 0 Å². The minimum Gasteiger partial charge on any atom is -0.507 e.